The number of hydrogen-bond acceptors (Lipinski definition) is 2. The van der Waals surface area contributed by atoms with Crippen LogP contribution in [0, 0.1) is 12.7 Å². The van der Waals surface area contributed by atoms with E-state index >= 15 is 0 Å². The zero-order chi connectivity index (χ0) is 16.0. The molecule has 1 aromatic carbocycles. The smallest absolute Gasteiger partial charge is 0.233 e. The third kappa shape index (κ3) is 2.44. The lowest BCUT2D eigenvalue weighted by Crippen LogP contribution is -2.39. The Morgan fingerprint density at radius 1 is 1.22 bits per heavy atom. The molecule has 1 amide bonds. The van der Waals surface area contributed by atoms with Gasteiger partial charge in [-0.2, -0.15) is 5.10 Å². The Bertz CT molecular complexity index is 746. The fraction of sp³-hybridized carbons (Fsp3) is 0.444. The number of aromatic nitrogens is 2. The zero-order valence-corrected chi connectivity index (χ0v) is 13.3. The molecule has 5 heteroatoms. The van der Waals surface area contributed by atoms with Crippen molar-refractivity contribution in [2.24, 2.45) is 0 Å². The number of halogens is 1. The van der Waals surface area contributed by atoms with E-state index in [-0.39, 0.29) is 11.7 Å². The maximum Gasteiger partial charge on any atom is 0.233 e. The molecule has 4 rings (SSSR count). The second-order valence-electron chi connectivity index (χ2n) is 6.67. The number of carbonyl (C=O) groups excluding carboxylic acids is 1. The van der Waals surface area contributed by atoms with E-state index in [0.29, 0.717) is 6.54 Å². The standard InChI is InChI=1S/C18H20FN3O/c1-13-11-16-12-21(9-2-10-22(16)20-13)17(23)18(7-8-18)14-3-5-15(19)6-4-14/h3-6,11H,2,7-10,12H2,1H3. The number of hydrogen-bond donors (Lipinski definition) is 0. The number of aryl methyl sites for hydroxylation is 2. The van der Waals surface area contributed by atoms with Gasteiger partial charge in [-0.05, 0) is 49.9 Å². The molecule has 2 aromatic rings. The predicted molar refractivity (Wildman–Crippen MR) is 84.3 cm³/mol. The first kappa shape index (κ1) is 14.4. The van der Waals surface area contributed by atoms with Crippen LogP contribution in [0.15, 0.2) is 30.3 Å². The second-order valence-corrected chi connectivity index (χ2v) is 6.67. The predicted octanol–water partition coefficient (Wildman–Crippen LogP) is 2.79. The van der Waals surface area contributed by atoms with Crippen LogP contribution in [0.1, 0.15) is 36.2 Å². The van der Waals surface area contributed by atoms with Crippen LogP contribution in [0.5, 0.6) is 0 Å². The molecule has 23 heavy (non-hydrogen) atoms. The van der Waals surface area contributed by atoms with Crippen molar-refractivity contribution in [1.29, 1.82) is 0 Å². The van der Waals surface area contributed by atoms with E-state index in [1.165, 1.54) is 12.1 Å². The van der Waals surface area contributed by atoms with Gasteiger partial charge >= 0.3 is 0 Å². The van der Waals surface area contributed by atoms with E-state index < -0.39 is 5.41 Å². The molecule has 4 nitrogen and oxygen atoms in total. The van der Waals surface area contributed by atoms with Gasteiger partial charge in [0.15, 0.2) is 0 Å². The van der Waals surface area contributed by atoms with Crippen molar-refractivity contribution < 1.29 is 9.18 Å². The SMILES string of the molecule is Cc1cc2n(n1)CCCN(C(=O)C1(c3ccc(F)cc3)CC1)C2. The Kier molecular flexibility index (Phi) is 3.25. The summed E-state index contributed by atoms with van der Waals surface area (Å²) in [6.07, 6.45) is 2.62. The minimum Gasteiger partial charge on any atom is -0.336 e. The molecule has 1 fully saturated rings. The molecule has 0 radical (unpaired) electrons. The van der Waals surface area contributed by atoms with Crippen molar-refractivity contribution in [3.05, 3.63) is 53.1 Å². The van der Waals surface area contributed by atoms with Gasteiger partial charge in [0.25, 0.3) is 0 Å². The molecule has 0 atom stereocenters. The molecule has 1 aromatic heterocycles. The van der Waals surface area contributed by atoms with Crippen molar-refractivity contribution >= 4 is 5.91 Å². The molecule has 2 aliphatic rings. The van der Waals surface area contributed by atoms with Crippen LogP contribution in [0.3, 0.4) is 0 Å². The molecule has 0 N–H and O–H groups in total. The van der Waals surface area contributed by atoms with E-state index in [0.717, 1.165) is 49.3 Å². The lowest BCUT2D eigenvalue weighted by molar-refractivity contribution is -0.134. The van der Waals surface area contributed by atoms with Crippen molar-refractivity contribution in [1.82, 2.24) is 14.7 Å². The molecule has 1 aliphatic heterocycles. The van der Waals surface area contributed by atoms with E-state index in [2.05, 4.69) is 11.2 Å². The molecule has 1 saturated carbocycles. The highest BCUT2D eigenvalue weighted by Gasteiger charge is 2.53. The van der Waals surface area contributed by atoms with Crippen molar-refractivity contribution in [2.45, 2.75) is 44.7 Å². The van der Waals surface area contributed by atoms with Crippen molar-refractivity contribution in [3.8, 4) is 0 Å². The summed E-state index contributed by atoms with van der Waals surface area (Å²) in [5.74, 6) is -0.0810. The Hall–Kier alpha value is -2.17. The largest absolute Gasteiger partial charge is 0.336 e. The summed E-state index contributed by atoms with van der Waals surface area (Å²) in [7, 11) is 0. The first-order valence-corrected chi connectivity index (χ1v) is 8.17. The number of nitrogens with zero attached hydrogens (tertiary/aromatic N) is 3. The molecule has 0 spiro atoms. The quantitative estimate of drug-likeness (QED) is 0.855. The Labute approximate surface area is 134 Å². The highest BCUT2D eigenvalue weighted by Crippen LogP contribution is 2.49. The molecule has 1 aliphatic carbocycles. The number of rotatable bonds is 2. The Balaban J connectivity index is 1.60. The topological polar surface area (TPSA) is 38.1 Å². The Morgan fingerprint density at radius 3 is 2.65 bits per heavy atom. The molecule has 2 heterocycles. The van der Waals surface area contributed by atoms with Gasteiger partial charge in [0, 0.05) is 13.1 Å². The van der Waals surface area contributed by atoms with Crippen LogP contribution >= 0.6 is 0 Å². The van der Waals surface area contributed by atoms with Crippen LogP contribution in [0.4, 0.5) is 4.39 Å². The van der Waals surface area contributed by atoms with E-state index in [9.17, 15) is 9.18 Å². The van der Waals surface area contributed by atoms with Crippen molar-refractivity contribution in [2.75, 3.05) is 6.54 Å². The summed E-state index contributed by atoms with van der Waals surface area (Å²) in [6.45, 7) is 4.21. The van der Waals surface area contributed by atoms with Gasteiger partial charge in [0.05, 0.1) is 23.3 Å². The molecule has 0 bridgehead atoms. The number of fused-ring (bicyclic) bond motifs is 1. The van der Waals surface area contributed by atoms with Gasteiger partial charge < -0.3 is 4.90 Å². The first-order valence-electron chi connectivity index (χ1n) is 8.17. The zero-order valence-electron chi connectivity index (χ0n) is 13.3. The third-order valence-corrected chi connectivity index (χ3v) is 4.98. The maximum atomic E-state index is 13.2. The molecular formula is C18H20FN3O. The van der Waals surface area contributed by atoms with Crippen LogP contribution < -0.4 is 0 Å². The van der Waals surface area contributed by atoms with Crippen molar-refractivity contribution in [3.63, 3.8) is 0 Å². The average Bonchev–Trinajstić information content (AvgIpc) is 3.29. The van der Waals surface area contributed by atoms with Gasteiger partial charge in [0.2, 0.25) is 5.91 Å². The summed E-state index contributed by atoms with van der Waals surface area (Å²) in [4.78, 5) is 15.1. The van der Waals surface area contributed by atoms with Gasteiger partial charge in [-0.3, -0.25) is 9.48 Å². The highest BCUT2D eigenvalue weighted by molar-refractivity contribution is 5.91. The molecule has 120 valence electrons. The minimum absolute atomic E-state index is 0.177. The second kappa shape index (κ2) is 5.18. The van der Waals surface area contributed by atoms with Crippen LogP contribution in [-0.2, 0) is 23.3 Å². The fourth-order valence-corrected chi connectivity index (χ4v) is 3.60. The number of amides is 1. The first-order chi connectivity index (χ1) is 11.1. The molecular weight excluding hydrogens is 293 g/mol. The highest BCUT2D eigenvalue weighted by atomic mass is 19.1. The van der Waals surface area contributed by atoms with Gasteiger partial charge in [-0.1, -0.05) is 12.1 Å². The van der Waals surface area contributed by atoms with E-state index in [1.54, 1.807) is 12.1 Å². The summed E-state index contributed by atoms with van der Waals surface area (Å²) in [5.41, 5.74) is 2.60. The van der Waals surface area contributed by atoms with E-state index in [4.69, 9.17) is 0 Å². The minimum atomic E-state index is -0.433. The third-order valence-electron chi connectivity index (χ3n) is 4.98. The normalized spacial score (nSPS) is 19.1. The fourth-order valence-electron chi connectivity index (χ4n) is 3.60. The number of carbonyl (C=O) groups is 1. The Morgan fingerprint density at radius 2 is 1.96 bits per heavy atom. The van der Waals surface area contributed by atoms with E-state index in [1.807, 2.05) is 16.5 Å². The molecule has 0 unspecified atom stereocenters. The lowest BCUT2D eigenvalue weighted by atomic mass is 9.94. The van der Waals surface area contributed by atoms with Gasteiger partial charge in [-0.25, -0.2) is 4.39 Å². The maximum absolute atomic E-state index is 13.2. The number of benzene rings is 1. The van der Waals surface area contributed by atoms with Crippen LogP contribution in [0.25, 0.3) is 0 Å². The monoisotopic (exact) mass is 313 g/mol. The van der Waals surface area contributed by atoms with Crippen LogP contribution in [-0.4, -0.2) is 27.1 Å². The summed E-state index contributed by atoms with van der Waals surface area (Å²) in [5, 5.41) is 4.49. The van der Waals surface area contributed by atoms with Gasteiger partial charge in [-0.15, -0.1) is 0 Å². The van der Waals surface area contributed by atoms with Gasteiger partial charge in [0.1, 0.15) is 5.82 Å². The summed E-state index contributed by atoms with van der Waals surface area (Å²) < 4.78 is 15.2. The summed E-state index contributed by atoms with van der Waals surface area (Å²) >= 11 is 0. The average molecular weight is 313 g/mol. The molecule has 0 saturated heterocycles. The summed E-state index contributed by atoms with van der Waals surface area (Å²) in [6, 6.07) is 8.47. The lowest BCUT2D eigenvalue weighted by Gasteiger charge is -2.26. The van der Waals surface area contributed by atoms with Crippen LogP contribution in [0.2, 0.25) is 0 Å².